The molecule has 0 saturated heterocycles. The van der Waals surface area contributed by atoms with Crippen molar-refractivity contribution in [1.82, 2.24) is 0 Å². The third-order valence-corrected chi connectivity index (χ3v) is 3.43. The first-order valence-corrected chi connectivity index (χ1v) is 6.29. The number of rotatable bonds is 4. The molecule has 0 aliphatic heterocycles. The van der Waals surface area contributed by atoms with Crippen LogP contribution in [0.15, 0.2) is 47.4 Å². The highest BCUT2D eigenvalue weighted by atomic mass is 32.2. The fraction of sp³-hybridized carbons (Fsp3) is 0.0714. The van der Waals surface area contributed by atoms with Gasteiger partial charge in [0.05, 0.1) is 0 Å². The summed E-state index contributed by atoms with van der Waals surface area (Å²) in [6.07, 6.45) is 0.774. The SMILES string of the molecule is O=Cc1ccc(SCc2cc(F)cc(F)c2)cc1. The number of carbonyl (C=O) groups excluding carboxylic acids is 1. The van der Waals surface area contributed by atoms with Crippen molar-refractivity contribution in [3.63, 3.8) is 0 Å². The van der Waals surface area contributed by atoms with Gasteiger partial charge in [0.1, 0.15) is 17.9 Å². The van der Waals surface area contributed by atoms with Crippen molar-refractivity contribution < 1.29 is 13.6 Å². The van der Waals surface area contributed by atoms with Gasteiger partial charge in [-0.25, -0.2) is 8.78 Å². The van der Waals surface area contributed by atoms with Crippen molar-refractivity contribution in [2.75, 3.05) is 0 Å². The van der Waals surface area contributed by atoms with Gasteiger partial charge < -0.3 is 0 Å². The summed E-state index contributed by atoms with van der Waals surface area (Å²) in [5.41, 5.74) is 1.20. The Bertz CT molecular complexity index is 532. The van der Waals surface area contributed by atoms with Crippen LogP contribution >= 0.6 is 11.8 Å². The van der Waals surface area contributed by atoms with Crippen LogP contribution < -0.4 is 0 Å². The predicted octanol–water partition coefficient (Wildman–Crippen LogP) is 4.07. The zero-order valence-electron chi connectivity index (χ0n) is 9.40. The van der Waals surface area contributed by atoms with Crippen molar-refractivity contribution in [1.29, 1.82) is 0 Å². The summed E-state index contributed by atoms with van der Waals surface area (Å²) in [5.74, 6) is -0.654. The van der Waals surface area contributed by atoms with E-state index in [1.165, 1.54) is 23.9 Å². The average Bonchev–Trinajstić information content (AvgIpc) is 2.36. The van der Waals surface area contributed by atoms with Crippen molar-refractivity contribution in [2.24, 2.45) is 0 Å². The molecule has 4 heteroatoms. The van der Waals surface area contributed by atoms with Crippen molar-refractivity contribution >= 4 is 18.0 Å². The highest BCUT2D eigenvalue weighted by Gasteiger charge is 2.02. The fourth-order valence-corrected chi connectivity index (χ4v) is 2.33. The second-order valence-electron chi connectivity index (χ2n) is 3.75. The molecule has 2 aromatic carbocycles. The van der Waals surface area contributed by atoms with Crippen molar-refractivity contribution in [3.8, 4) is 0 Å². The molecule has 0 N–H and O–H groups in total. The molecular formula is C14H10F2OS. The summed E-state index contributed by atoms with van der Waals surface area (Å²) in [7, 11) is 0. The van der Waals surface area contributed by atoms with Crippen molar-refractivity contribution in [2.45, 2.75) is 10.6 Å². The second kappa shape index (κ2) is 5.78. The number of halogens is 2. The molecule has 92 valence electrons. The topological polar surface area (TPSA) is 17.1 Å². The summed E-state index contributed by atoms with van der Waals surface area (Å²) in [6.45, 7) is 0. The molecule has 0 aromatic heterocycles. The average molecular weight is 264 g/mol. The molecule has 0 fully saturated rings. The minimum atomic E-state index is -0.568. The molecule has 0 atom stereocenters. The Hall–Kier alpha value is -1.68. The van der Waals surface area contributed by atoms with E-state index in [1.807, 2.05) is 12.1 Å². The van der Waals surface area contributed by atoms with Crippen LogP contribution in [-0.2, 0) is 5.75 Å². The number of thioether (sulfide) groups is 1. The van der Waals surface area contributed by atoms with Gasteiger partial charge in [0.25, 0.3) is 0 Å². The lowest BCUT2D eigenvalue weighted by Gasteiger charge is -2.03. The van der Waals surface area contributed by atoms with Crippen LogP contribution in [0.5, 0.6) is 0 Å². The molecule has 0 aliphatic rings. The molecule has 2 rings (SSSR count). The van der Waals surface area contributed by atoms with Gasteiger partial charge in [0.2, 0.25) is 0 Å². The largest absolute Gasteiger partial charge is 0.298 e. The minimum Gasteiger partial charge on any atom is -0.298 e. The lowest BCUT2D eigenvalue weighted by Crippen LogP contribution is -1.86. The first kappa shape index (κ1) is 12.8. The van der Waals surface area contributed by atoms with Crippen molar-refractivity contribution in [3.05, 3.63) is 65.2 Å². The predicted molar refractivity (Wildman–Crippen MR) is 67.7 cm³/mol. The molecule has 0 aliphatic carbocycles. The van der Waals surface area contributed by atoms with E-state index in [9.17, 15) is 13.6 Å². The zero-order valence-corrected chi connectivity index (χ0v) is 10.2. The highest BCUT2D eigenvalue weighted by molar-refractivity contribution is 7.98. The number of benzene rings is 2. The van der Waals surface area contributed by atoms with E-state index >= 15 is 0 Å². The Morgan fingerprint density at radius 3 is 2.17 bits per heavy atom. The van der Waals surface area contributed by atoms with E-state index in [2.05, 4.69) is 0 Å². The Morgan fingerprint density at radius 1 is 1.00 bits per heavy atom. The van der Waals surface area contributed by atoms with E-state index in [0.29, 0.717) is 16.9 Å². The number of hydrogen-bond acceptors (Lipinski definition) is 2. The third kappa shape index (κ3) is 3.40. The summed E-state index contributed by atoms with van der Waals surface area (Å²) in [5, 5.41) is 0. The van der Waals surface area contributed by atoms with Crippen LogP contribution in [-0.4, -0.2) is 6.29 Å². The van der Waals surface area contributed by atoms with Crippen LogP contribution in [0, 0.1) is 11.6 Å². The van der Waals surface area contributed by atoms with Gasteiger partial charge in [-0.1, -0.05) is 12.1 Å². The maximum Gasteiger partial charge on any atom is 0.150 e. The van der Waals surface area contributed by atoms with Gasteiger partial charge in [0, 0.05) is 22.3 Å². The van der Waals surface area contributed by atoms with Crippen LogP contribution in [0.4, 0.5) is 8.78 Å². The molecule has 0 amide bonds. The summed E-state index contributed by atoms with van der Waals surface area (Å²) >= 11 is 1.46. The van der Waals surface area contributed by atoms with Gasteiger partial charge in [-0.15, -0.1) is 11.8 Å². The van der Waals surface area contributed by atoms with Gasteiger partial charge in [-0.2, -0.15) is 0 Å². The molecule has 0 heterocycles. The van der Waals surface area contributed by atoms with E-state index in [4.69, 9.17) is 0 Å². The smallest absolute Gasteiger partial charge is 0.150 e. The third-order valence-electron chi connectivity index (χ3n) is 2.34. The maximum absolute atomic E-state index is 13.0. The molecule has 1 nitrogen and oxygen atoms in total. The molecule has 0 unspecified atom stereocenters. The highest BCUT2D eigenvalue weighted by Crippen LogP contribution is 2.23. The Morgan fingerprint density at radius 2 is 1.61 bits per heavy atom. The van der Waals surface area contributed by atoms with Crippen LogP contribution in [0.2, 0.25) is 0 Å². The number of hydrogen-bond donors (Lipinski definition) is 0. The monoisotopic (exact) mass is 264 g/mol. The lowest BCUT2D eigenvalue weighted by atomic mass is 10.2. The normalized spacial score (nSPS) is 10.3. The molecule has 18 heavy (non-hydrogen) atoms. The Kier molecular flexibility index (Phi) is 4.10. The van der Waals surface area contributed by atoms with E-state index in [0.717, 1.165) is 17.2 Å². The first-order chi connectivity index (χ1) is 8.67. The minimum absolute atomic E-state index is 0.481. The summed E-state index contributed by atoms with van der Waals surface area (Å²) < 4.78 is 25.9. The van der Waals surface area contributed by atoms with Crippen LogP contribution in [0.3, 0.4) is 0 Å². The van der Waals surface area contributed by atoms with Crippen LogP contribution in [0.1, 0.15) is 15.9 Å². The fourth-order valence-electron chi connectivity index (χ4n) is 1.50. The van der Waals surface area contributed by atoms with E-state index in [1.54, 1.807) is 12.1 Å². The molecule has 0 radical (unpaired) electrons. The molecule has 0 bridgehead atoms. The number of aldehydes is 1. The summed E-state index contributed by atoms with van der Waals surface area (Å²) in [6, 6.07) is 10.5. The van der Waals surface area contributed by atoms with E-state index in [-0.39, 0.29) is 0 Å². The second-order valence-corrected chi connectivity index (χ2v) is 4.80. The number of carbonyl (C=O) groups is 1. The molecule has 0 spiro atoms. The van der Waals surface area contributed by atoms with Crippen LogP contribution in [0.25, 0.3) is 0 Å². The molecule has 0 saturated carbocycles. The molecule has 2 aromatic rings. The molecular weight excluding hydrogens is 254 g/mol. The summed E-state index contributed by atoms with van der Waals surface area (Å²) in [4.78, 5) is 11.4. The standard InChI is InChI=1S/C14H10F2OS/c15-12-5-11(6-13(16)7-12)9-18-14-3-1-10(8-17)2-4-14/h1-8H,9H2. The quantitative estimate of drug-likeness (QED) is 0.611. The Labute approximate surface area is 108 Å². The van der Waals surface area contributed by atoms with Gasteiger partial charge in [-0.05, 0) is 29.8 Å². The first-order valence-electron chi connectivity index (χ1n) is 5.30. The zero-order chi connectivity index (χ0) is 13.0. The van der Waals surface area contributed by atoms with Gasteiger partial charge in [0.15, 0.2) is 0 Å². The Balaban J connectivity index is 2.03. The van der Waals surface area contributed by atoms with E-state index < -0.39 is 11.6 Å². The lowest BCUT2D eigenvalue weighted by molar-refractivity contribution is 0.112. The van der Waals surface area contributed by atoms with Gasteiger partial charge >= 0.3 is 0 Å². The van der Waals surface area contributed by atoms with Gasteiger partial charge in [-0.3, -0.25) is 4.79 Å². The maximum atomic E-state index is 13.0.